The Morgan fingerprint density at radius 1 is 1.31 bits per heavy atom. The molecule has 10 nitrogen and oxygen atoms in total. The minimum atomic E-state index is -3.80. The van der Waals surface area contributed by atoms with Crippen molar-refractivity contribution in [3.8, 4) is 11.5 Å². The van der Waals surface area contributed by atoms with E-state index in [1.807, 2.05) is 13.0 Å². The molecule has 2 aliphatic rings. The Bertz CT molecular complexity index is 1050. The largest absolute Gasteiger partial charge is 0.454 e. The second-order valence-corrected chi connectivity index (χ2v) is 8.92. The third-order valence-electron chi connectivity index (χ3n) is 5.42. The van der Waals surface area contributed by atoms with E-state index in [-0.39, 0.29) is 19.2 Å². The van der Waals surface area contributed by atoms with Gasteiger partial charge in [-0.25, -0.2) is 0 Å². The van der Waals surface area contributed by atoms with Crippen LogP contribution in [0.5, 0.6) is 11.5 Å². The fourth-order valence-electron chi connectivity index (χ4n) is 3.53. The zero-order valence-corrected chi connectivity index (χ0v) is 17.2. The number of aryl methyl sites for hydroxylation is 1. The van der Waals surface area contributed by atoms with Crippen LogP contribution in [0.1, 0.15) is 29.3 Å². The van der Waals surface area contributed by atoms with E-state index < -0.39 is 22.3 Å². The Morgan fingerprint density at radius 2 is 2.07 bits per heavy atom. The van der Waals surface area contributed by atoms with Gasteiger partial charge in [-0.2, -0.15) is 22.5 Å². The standard InChI is InChI=1S/C18H23N5O5S/c1-11-13(9-20-22(11)2)14-7-15(23(3)29(25,26)21-14)18(24)19-8-12-4-5-16-17(6-12)28-10-27-16/h4-6,9,14-15,21H,7-8,10H2,1-3H3,(H,19,24)/t14-,15+/m1/s1. The first-order chi connectivity index (χ1) is 13.8. The number of hydrogen-bond acceptors (Lipinski definition) is 6. The zero-order valence-electron chi connectivity index (χ0n) is 16.4. The highest BCUT2D eigenvalue weighted by atomic mass is 32.2. The summed E-state index contributed by atoms with van der Waals surface area (Å²) >= 11 is 0. The summed E-state index contributed by atoms with van der Waals surface area (Å²) in [7, 11) is -0.611. The molecule has 2 aliphatic heterocycles. The third kappa shape index (κ3) is 3.68. The second-order valence-electron chi connectivity index (χ2n) is 7.16. The van der Waals surface area contributed by atoms with Crippen molar-refractivity contribution in [1.82, 2.24) is 24.1 Å². The van der Waals surface area contributed by atoms with Gasteiger partial charge in [0.1, 0.15) is 6.04 Å². The van der Waals surface area contributed by atoms with Crippen LogP contribution in [-0.4, -0.2) is 48.3 Å². The van der Waals surface area contributed by atoms with Crippen LogP contribution in [0.2, 0.25) is 0 Å². The molecule has 1 aromatic carbocycles. The zero-order chi connectivity index (χ0) is 20.8. The molecule has 1 fully saturated rings. The van der Waals surface area contributed by atoms with E-state index in [2.05, 4.69) is 15.1 Å². The number of carbonyl (C=O) groups is 1. The van der Waals surface area contributed by atoms with Gasteiger partial charge < -0.3 is 14.8 Å². The van der Waals surface area contributed by atoms with E-state index in [0.717, 1.165) is 21.1 Å². The van der Waals surface area contributed by atoms with Gasteiger partial charge in [-0.3, -0.25) is 9.48 Å². The number of aromatic nitrogens is 2. The number of benzene rings is 1. The number of ether oxygens (including phenoxy) is 2. The number of amides is 1. The summed E-state index contributed by atoms with van der Waals surface area (Å²) in [6.45, 7) is 2.30. The van der Waals surface area contributed by atoms with Gasteiger partial charge in [0.25, 0.3) is 10.2 Å². The van der Waals surface area contributed by atoms with E-state index in [0.29, 0.717) is 17.9 Å². The lowest BCUT2D eigenvalue weighted by Gasteiger charge is -2.36. The summed E-state index contributed by atoms with van der Waals surface area (Å²) in [5.74, 6) is 0.936. The Balaban J connectivity index is 1.49. The van der Waals surface area contributed by atoms with Crippen molar-refractivity contribution in [2.24, 2.45) is 7.05 Å². The van der Waals surface area contributed by atoms with E-state index in [4.69, 9.17) is 9.47 Å². The maximum absolute atomic E-state index is 12.8. The van der Waals surface area contributed by atoms with E-state index >= 15 is 0 Å². The molecule has 0 unspecified atom stereocenters. The number of carbonyl (C=O) groups excluding carboxylic acids is 1. The van der Waals surface area contributed by atoms with Crippen LogP contribution in [0, 0.1) is 6.92 Å². The number of likely N-dealkylation sites (N-methyl/N-ethyl adjacent to an activating group) is 1. The Hall–Kier alpha value is -2.63. The van der Waals surface area contributed by atoms with Gasteiger partial charge in [-0.05, 0) is 31.0 Å². The summed E-state index contributed by atoms with van der Waals surface area (Å²) in [6, 6.07) is 4.06. The average molecular weight is 421 g/mol. The molecule has 0 saturated carbocycles. The maximum Gasteiger partial charge on any atom is 0.280 e. The molecule has 4 rings (SSSR count). The number of hydrogen-bond donors (Lipinski definition) is 2. The van der Waals surface area contributed by atoms with Gasteiger partial charge in [0.05, 0.1) is 12.2 Å². The van der Waals surface area contributed by atoms with Crippen molar-refractivity contribution >= 4 is 16.1 Å². The van der Waals surface area contributed by atoms with Gasteiger partial charge in [0.2, 0.25) is 12.7 Å². The molecule has 1 aromatic heterocycles. The monoisotopic (exact) mass is 421 g/mol. The smallest absolute Gasteiger partial charge is 0.280 e. The quantitative estimate of drug-likeness (QED) is 0.736. The number of nitrogens with zero attached hydrogens (tertiary/aromatic N) is 3. The molecule has 2 atom stereocenters. The molecule has 156 valence electrons. The van der Waals surface area contributed by atoms with Crippen molar-refractivity contribution in [3.63, 3.8) is 0 Å². The third-order valence-corrected chi connectivity index (χ3v) is 7.02. The average Bonchev–Trinajstić information content (AvgIpc) is 3.28. The van der Waals surface area contributed by atoms with Crippen LogP contribution in [-0.2, 0) is 28.6 Å². The van der Waals surface area contributed by atoms with Crippen molar-refractivity contribution in [2.45, 2.75) is 32.0 Å². The van der Waals surface area contributed by atoms with E-state index in [9.17, 15) is 13.2 Å². The first kappa shape index (κ1) is 19.7. The van der Waals surface area contributed by atoms with Crippen LogP contribution in [0.15, 0.2) is 24.4 Å². The number of rotatable bonds is 4. The topological polar surface area (TPSA) is 115 Å². The van der Waals surface area contributed by atoms with Gasteiger partial charge in [-0.15, -0.1) is 0 Å². The molecule has 29 heavy (non-hydrogen) atoms. The molecule has 1 saturated heterocycles. The SMILES string of the molecule is Cc1c([C@H]2C[C@@H](C(=O)NCc3ccc4c(c3)OCO4)N(C)S(=O)(=O)N2)cnn1C. The summed E-state index contributed by atoms with van der Waals surface area (Å²) in [5, 5.41) is 7.01. The summed E-state index contributed by atoms with van der Waals surface area (Å²) < 4.78 is 41.2. The molecule has 2 N–H and O–H groups in total. The Kier molecular flexibility index (Phi) is 4.97. The van der Waals surface area contributed by atoms with Crippen LogP contribution < -0.4 is 19.5 Å². The molecule has 0 bridgehead atoms. The van der Waals surface area contributed by atoms with E-state index in [1.54, 1.807) is 30.1 Å². The van der Waals surface area contributed by atoms with Crippen LogP contribution in [0.4, 0.5) is 0 Å². The first-order valence-corrected chi connectivity index (χ1v) is 10.6. The van der Waals surface area contributed by atoms with Gasteiger partial charge in [-0.1, -0.05) is 6.07 Å². The molecule has 0 spiro atoms. The molecular formula is C18H23N5O5S. The van der Waals surface area contributed by atoms with Gasteiger partial charge in [0.15, 0.2) is 11.5 Å². The molecule has 3 heterocycles. The summed E-state index contributed by atoms with van der Waals surface area (Å²) in [4.78, 5) is 12.8. The highest BCUT2D eigenvalue weighted by Crippen LogP contribution is 2.33. The number of nitrogens with one attached hydrogen (secondary N) is 2. The van der Waals surface area contributed by atoms with Crippen molar-refractivity contribution in [1.29, 1.82) is 0 Å². The second kappa shape index (κ2) is 7.32. The van der Waals surface area contributed by atoms with E-state index in [1.165, 1.54) is 7.05 Å². The lowest BCUT2D eigenvalue weighted by molar-refractivity contribution is -0.125. The highest BCUT2D eigenvalue weighted by molar-refractivity contribution is 7.87. The van der Waals surface area contributed by atoms with Crippen LogP contribution in [0.3, 0.4) is 0 Å². The summed E-state index contributed by atoms with van der Waals surface area (Å²) in [6.07, 6.45) is 1.94. The minimum Gasteiger partial charge on any atom is -0.454 e. The van der Waals surface area contributed by atoms with Crippen molar-refractivity contribution in [3.05, 3.63) is 41.2 Å². The molecule has 1 amide bonds. The fourth-order valence-corrected chi connectivity index (χ4v) is 4.79. The number of fused-ring (bicyclic) bond motifs is 1. The molecule has 11 heteroatoms. The lowest BCUT2D eigenvalue weighted by Crippen LogP contribution is -2.57. The minimum absolute atomic E-state index is 0.179. The first-order valence-electron chi connectivity index (χ1n) is 9.16. The normalized spacial score (nSPS) is 23.1. The predicted octanol–water partition coefficient (Wildman–Crippen LogP) is 0.353. The lowest BCUT2D eigenvalue weighted by atomic mass is 10.00. The van der Waals surface area contributed by atoms with Crippen molar-refractivity contribution < 1.29 is 22.7 Å². The Labute approximate surface area is 169 Å². The molecular weight excluding hydrogens is 398 g/mol. The van der Waals surface area contributed by atoms with Crippen molar-refractivity contribution in [2.75, 3.05) is 13.8 Å². The molecule has 0 aliphatic carbocycles. The molecule has 0 radical (unpaired) electrons. The highest BCUT2D eigenvalue weighted by Gasteiger charge is 2.41. The van der Waals surface area contributed by atoms with Crippen LogP contribution in [0.25, 0.3) is 0 Å². The maximum atomic E-state index is 12.8. The summed E-state index contributed by atoms with van der Waals surface area (Å²) in [5.41, 5.74) is 2.45. The van der Waals surface area contributed by atoms with Crippen LogP contribution >= 0.6 is 0 Å². The Morgan fingerprint density at radius 3 is 2.79 bits per heavy atom. The predicted molar refractivity (Wildman–Crippen MR) is 103 cm³/mol. The fraction of sp³-hybridized carbons (Fsp3) is 0.444. The molecule has 2 aromatic rings. The van der Waals surface area contributed by atoms with Gasteiger partial charge in [0, 0.05) is 31.9 Å². The van der Waals surface area contributed by atoms with Gasteiger partial charge >= 0.3 is 0 Å².